The van der Waals surface area contributed by atoms with E-state index in [0.29, 0.717) is 19.4 Å². The van der Waals surface area contributed by atoms with Gasteiger partial charge in [0.05, 0.1) is 0 Å². The number of hydrogen-bond donors (Lipinski definition) is 1. The van der Waals surface area contributed by atoms with Crippen molar-refractivity contribution in [3.63, 3.8) is 0 Å². The lowest BCUT2D eigenvalue weighted by Crippen LogP contribution is -2.49. The van der Waals surface area contributed by atoms with Crippen molar-refractivity contribution in [1.29, 1.82) is 0 Å². The van der Waals surface area contributed by atoms with Gasteiger partial charge >= 0.3 is 0 Å². The molecule has 2 unspecified atom stereocenters. The molecule has 1 aliphatic heterocycles. The normalized spacial score (nSPS) is 19.2. The molecule has 2 amide bonds. The van der Waals surface area contributed by atoms with Gasteiger partial charge in [-0.1, -0.05) is 32.0 Å². The zero-order valence-corrected chi connectivity index (χ0v) is 14.3. The van der Waals surface area contributed by atoms with Crippen molar-refractivity contribution in [3.05, 3.63) is 30.3 Å². The maximum atomic E-state index is 12.6. The Labute approximate surface area is 138 Å². The Morgan fingerprint density at radius 1 is 1.30 bits per heavy atom. The number of hydrogen-bond acceptors (Lipinski definition) is 3. The van der Waals surface area contributed by atoms with E-state index >= 15 is 0 Å². The highest BCUT2D eigenvalue weighted by Gasteiger charge is 2.36. The monoisotopic (exact) mass is 317 g/mol. The third-order valence-electron chi connectivity index (χ3n) is 4.56. The molecule has 5 nitrogen and oxygen atoms in total. The zero-order chi connectivity index (χ0) is 16.8. The van der Waals surface area contributed by atoms with Gasteiger partial charge < -0.3 is 5.32 Å². The maximum Gasteiger partial charge on any atom is 0.243 e. The molecule has 5 heteroatoms. The smallest absolute Gasteiger partial charge is 0.243 e. The molecule has 23 heavy (non-hydrogen) atoms. The Kier molecular flexibility index (Phi) is 6.16. The average molecular weight is 317 g/mol. The van der Waals surface area contributed by atoms with E-state index in [0.717, 1.165) is 18.8 Å². The number of benzene rings is 1. The minimum absolute atomic E-state index is 0.0214. The van der Waals surface area contributed by atoms with Crippen LogP contribution in [0.5, 0.6) is 0 Å². The summed E-state index contributed by atoms with van der Waals surface area (Å²) in [4.78, 5) is 28.7. The van der Waals surface area contributed by atoms with Gasteiger partial charge in [0.15, 0.2) is 0 Å². The molecule has 1 heterocycles. The molecule has 1 aromatic rings. The highest BCUT2D eigenvalue weighted by Crippen LogP contribution is 2.26. The predicted octanol–water partition coefficient (Wildman–Crippen LogP) is 2.03. The second-order valence-electron chi connectivity index (χ2n) is 5.97. The SMILES string of the molecule is CCN(CC)C(C)CNC(=O)C1CCC(=O)N1c1ccccc1. The van der Waals surface area contributed by atoms with Gasteiger partial charge in [-0.05, 0) is 38.6 Å². The van der Waals surface area contributed by atoms with Crippen LogP contribution in [0.1, 0.15) is 33.6 Å². The molecule has 0 bridgehead atoms. The molecular weight excluding hydrogens is 290 g/mol. The third-order valence-corrected chi connectivity index (χ3v) is 4.56. The number of carbonyl (C=O) groups excluding carboxylic acids is 2. The number of amides is 2. The summed E-state index contributed by atoms with van der Waals surface area (Å²) in [6.45, 7) is 8.89. The van der Waals surface area contributed by atoms with E-state index in [1.807, 2.05) is 30.3 Å². The lowest BCUT2D eigenvalue weighted by atomic mass is 10.2. The quantitative estimate of drug-likeness (QED) is 0.837. The Morgan fingerprint density at radius 2 is 1.96 bits per heavy atom. The van der Waals surface area contributed by atoms with Crippen molar-refractivity contribution in [3.8, 4) is 0 Å². The first kappa shape index (κ1) is 17.5. The van der Waals surface area contributed by atoms with Crippen LogP contribution in [0.25, 0.3) is 0 Å². The van der Waals surface area contributed by atoms with Crippen LogP contribution >= 0.6 is 0 Å². The topological polar surface area (TPSA) is 52.7 Å². The van der Waals surface area contributed by atoms with Crippen LogP contribution in [0.15, 0.2) is 30.3 Å². The Hall–Kier alpha value is -1.88. The summed E-state index contributed by atoms with van der Waals surface area (Å²) in [6.07, 6.45) is 1.01. The minimum atomic E-state index is -0.395. The molecule has 1 N–H and O–H groups in total. The molecular formula is C18H27N3O2. The summed E-state index contributed by atoms with van der Waals surface area (Å²) in [5.74, 6) is -0.0353. The van der Waals surface area contributed by atoms with Gasteiger partial charge in [0.25, 0.3) is 0 Å². The molecule has 0 aromatic heterocycles. The number of likely N-dealkylation sites (N-methyl/N-ethyl adjacent to an activating group) is 1. The van der Waals surface area contributed by atoms with Crippen LogP contribution in [0, 0.1) is 0 Å². The van der Waals surface area contributed by atoms with Crippen molar-refractivity contribution in [1.82, 2.24) is 10.2 Å². The largest absolute Gasteiger partial charge is 0.353 e. The lowest BCUT2D eigenvalue weighted by molar-refractivity contribution is -0.124. The molecule has 1 fully saturated rings. The van der Waals surface area contributed by atoms with Gasteiger partial charge in [0.2, 0.25) is 11.8 Å². The van der Waals surface area contributed by atoms with Crippen molar-refractivity contribution in [2.45, 2.75) is 45.7 Å². The second kappa shape index (κ2) is 8.11. The fourth-order valence-corrected chi connectivity index (χ4v) is 3.19. The molecule has 0 spiro atoms. The number of anilines is 1. The minimum Gasteiger partial charge on any atom is -0.353 e. The van der Waals surface area contributed by atoms with Crippen LogP contribution in [0.2, 0.25) is 0 Å². The fraction of sp³-hybridized carbons (Fsp3) is 0.556. The molecule has 2 atom stereocenters. The molecule has 1 aromatic carbocycles. The van der Waals surface area contributed by atoms with Crippen molar-refractivity contribution < 1.29 is 9.59 Å². The second-order valence-corrected chi connectivity index (χ2v) is 5.97. The van der Waals surface area contributed by atoms with E-state index in [1.54, 1.807) is 4.90 Å². The van der Waals surface area contributed by atoms with Crippen LogP contribution in [0.4, 0.5) is 5.69 Å². The Morgan fingerprint density at radius 3 is 2.57 bits per heavy atom. The summed E-state index contributed by atoms with van der Waals surface area (Å²) < 4.78 is 0. The predicted molar refractivity (Wildman–Crippen MR) is 92.3 cm³/mol. The van der Waals surface area contributed by atoms with Gasteiger partial charge in [0, 0.05) is 24.7 Å². The number of rotatable bonds is 7. The van der Waals surface area contributed by atoms with Crippen molar-refractivity contribution >= 4 is 17.5 Å². The number of carbonyl (C=O) groups is 2. The van der Waals surface area contributed by atoms with E-state index < -0.39 is 6.04 Å². The number of nitrogens with zero attached hydrogens (tertiary/aromatic N) is 2. The van der Waals surface area contributed by atoms with Gasteiger partial charge in [-0.25, -0.2) is 0 Å². The first-order valence-electron chi connectivity index (χ1n) is 8.47. The van der Waals surface area contributed by atoms with Crippen molar-refractivity contribution in [2.75, 3.05) is 24.5 Å². The first-order chi connectivity index (χ1) is 11.1. The molecule has 0 saturated carbocycles. The highest BCUT2D eigenvalue weighted by atomic mass is 16.2. The van der Waals surface area contributed by atoms with Crippen LogP contribution in [-0.4, -0.2) is 48.4 Å². The summed E-state index contributed by atoms with van der Waals surface area (Å²) >= 11 is 0. The standard InChI is InChI=1S/C18H27N3O2/c1-4-20(5-2)14(3)13-19-18(23)16-11-12-17(22)21(16)15-9-7-6-8-10-15/h6-10,14,16H,4-5,11-13H2,1-3H3,(H,19,23). The van der Waals surface area contributed by atoms with Crippen LogP contribution in [0.3, 0.4) is 0 Å². The van der Waals surface area contributed by atoms with Crippen molar-refractivity contribution in [2.24, 2.45) is 0 Å². The summed E-state index contributed by atoms with van der Waals surface area (Å²) in [6, 6.07) is 9.33. The molecule has 0 aliphatic carbocycles. The van der Waals surface area contributed by atoms with E-state index in [4.69, 9.17) is 0 Å². The highest BCUT2D eigenvalue weighted by molar-refractivity contribution is 6.03. The van der Waals surface area contributed by atoms with Gasteiger partial charge in [-0.15, -0.1) is 0 Å². The molecule has 0 radical (unpaired) electrons. The molecule has 2 rings (SSSR count). The molecule has 126 valence electrons. The van der Waals surface area contributed by atoms with Gasteiger partial charge in [-0.3, -0.25) is 19.4 Å². The van der Waals surface area contributed by atoms with E-state index in [9.17, 15) is 9.59 Å². The third kappa shape index (κ3) is 4.10. The summed E-state index contributed by atoms with van der Waals surface area (Å²) in [7, 11) is 0. The van der Waals surface area contributed by atoms with E-state index in [1.165, 1.54) is 0 Å². The van der Waals surface area contributed by atoms with Crippen LogP contribution < -0.4 is 10.2 Å². The number of nitrogens with one attached hydrogen (secondary N) is 1. The maximum absolute atomic E-state index is 12.6. The Balaban J connectivity index is 1.99. The fourth-order valence-electron chi connectivity index (χ4n) is 3.19. The first-order valence-corrected chi connectivity index (χ1v) is 8.47. The van der Waals surface area contributed by atoms with Gasteiger partial charge in [0.1, 0.15) is 6.04 Å². The lowest BCUT2D eigenvalue weighted by Gasteiger charge is -2.28. The number of para-hydroxylation sites is 1. The summed E-state index contributed by atoms with van der Waals surface area (Å²) in [5.41, 5.74) is 0.798. The molecule has 1 saturated heterocycles. The summed E-state index contributed by atoms with van der Waals surface area (Å²) in [5, 5.41) is 3.02. The Bertz CT molecular complexity index is 528. The average Bonchev–Trinajstić information content (AvgIpc) is 2.96. The molecule has 1 aliphatic rings. The van der Waals surface area contributed by atoms with E-state index in [-0.39, 0.29) is 17.9 Å². The van der Waals surface area contributed by atoms with Gasteiger partial charge in [-0.2, -0.15) is 0 Å². The zero-order valence-electron chi connectivity index (χ0n) is 14.3. The van der Waals surface area contributed by atoms with Crippen LogP contribution in [-0.2, 0) is 9.59 Å². The van der Waals surface area contributed by atoms with E-state index in [2.05, 4.69) is 31.0 Å².